The number of rotatable bonds is 6. The number of ether oxygens (including phenoxy) is 1. The number of esters is 1. The molecule has 0 aliphatic carbocycles. The molecule has 0 aliphatic heterocycles. The van der Waals surface area contributed by atoms with Crippen molar-refractivity contribution in [3.05, 3.63) is 0 Å². The molecular weight excluding hydrogens is 184 g/mol. The van der Waals surface area contributed by atoms with Gasteiger partial charge in [-0.25, -0.2) is 0 Å². The van der Waals surface area contributed by atoms with Crippen molar-refractivity contribution in [3.63, 3.8) is 0 Å². The Morgan fingerprint density at radius 1 is 1.21 bits per heavy atom. The van der Waals surface area contributed by atoms with E-state index in [0.29, 0.717) is 12.5 Å². The molecule has 0 spiro atoms. The highest BCUT2D eigenvalue weighted by atomic mass is 16.5. The van der Waals surface area contributed by atoms with E-state index in [1.165, 1.54) is 0 Å². The van der Waals surface area contributed by atoms with Crippen LogP contribution in [-0.4, -0.2) is 23.7 Å². The second-order valence-corrected chi connectivity index (χ2v) is 3.98. The van der Waals surface area contributed by atoms with E-state index in [4.69, 9.17) is 9.84 Å². The van der Waals surface area contributed by atoms with Gasteiger partial charge in [0.1, 0.15) is 0 Å². The number of aliphatic carboxylic acids is 1. The highest BCUT2D eigenvalue weighted by Gasteiger charge is 2.13. The minimum absolute atomic E-state index is 0.0107. The predicted molar refractivity (Wildman–Crippen MR) is 51.8 cm³/mol. The van der Waals surface area contributed by atoms with Gasteiger partial charge in [0.15, 0.2) is 0 Å². The highest BCUT2D eigenvalue weighted by molar-refractivity contribution is 5.72. The first-order valence-electron chi connectivity index (χ1n) is 4.79. The van der Waals surface area contributed by atoms with E-state index in [0.717, 1.165) is 0 Å². The number of hydrogen-bond acceptors (Lipinski definition) is 3. The van der Waals surface area contributed by atoms with Gasteiger partial charge in [-0.05, 0) is 11.8 Å². The smallest absolute Gasteiger partial charge is 0.306 e. The molecule has 4 nitrogen and oxygen atoms in total. The zero-order valence-electron chi connectivity index (χ0n) is 8.95. The molecule has 0 bridgehead atoms. The van der Waals surface area contributed by atoms with E-state index in [1.54, 1.807) is 6.92 Å². The Morgan fingerprint density at radius 2 is 1.79 bits per heavy atom. The first kappa shape index (κ1) is 12.9. The Kier molecular flexibility index (Phi) is 5.92. The normalized spacial score (nSPS) is 12.6. The maximum atomic E-state index is 11.1. The van der Waals surface area contributed by atoms with Gasteiger partial charge in [-0.15, -0.1) is 0 Å². The molecule has 0 aromatic carbocycles. The average molecular weight is 202 g/mol. The fraction of sp³-hybridized carbons (Fsp3) is 0.800. The zero-order chi connectivity index (χ0) is 11.1. The van der Waals surface area contributed by atoms with Crippen LogP contribution < -0.4 is 0 Å². The van der Waals surface area contributed by atoms with Crippen LogP contribution in [0.15, 0.2) is 0 Å². The molecule has 1 N–H and O–H groups in total. The maximum absolute atomic E-state index is 11.1. The highest BCUT2D eigenvalue weighted by Crippen LogP contribution is 2.08. The summed E-state index contributed by atoms with van der Waals surface area (Å²) in [6.07, 6.45) is 0.190. The lowest BCUT2D eigenvalue weighted by Gasteiger charge is -2.10. The number of carboxylic acid groups (broad SMARTS) is 1. The number of carbonyl (C=O) groups excluding carboxylic acids is 1. The molecule has 14 heavy (non-hydrogen) atoms. The van der Waals surface area contributed by atoms with Crippen LogP contribution in [0.3, 0.4) is 0 Å². The van der Waals surface area contributed by atoms with Crippen molar-refractivity contribution in [1.29, 1.82) is 0 Å². The van der Waals surface area contributed by atoms with Gasteiger partial charge in [-0.3, -0.25) is 9.59 Å². The van der Waals surface area contributed by atoms with Gasteiger partial charge < -0.3 is 9.84 Å². The van der Waals surface area contributed by atoms with E-state index in [2.05, 4.69) is 0 Å². The first-order chi connectivity index (χ1) is 6.41. The van der Waals surface area contributed by atoms with Crippen molar-refractivity contribution in [1.82, 2.24) is 0 Å². The monoisotopic (exact) mass is 202 g/mol. The Balaban J connectivity index is 3.66. The third kappa shape index (κ3) is 7.58. The molecule has 4 heteroatoms. The van der Waals surface area contributed by atoms with Crippen LogP contribution in [0.4, 0.5) is 0 Å². The summed E-state index contributed by atoms with van der Waals surface area (Å²) in [6, 6.07) is 0. The Labute approximate surface area is 84.3 Å². The van der Waals surface area contributed by atoms with Gasteiger partial charge in [0.25, 0.3) is 0 Å². The second-order valence-electron chi connectivity index (χ2n) is 3.98. The lowest BCUT2D eigenvalue weighted by molar-refractivity contribution is -0.146. The summed E-state index contributed by atoms with van der Waals surface area (Å²) in [5.41, 5.74) is 0. The SMILES string of the molecule is CC(C)COC(=O)C[C@@H](C)CC(=O)O. The van der Waals surface area contributed by atoms with E-state index in [-0.39, 0.29) is 24.7 Å². The zero-order valence-corrected chi connectivity index (χ0v) is 8.95. The van der Waals surface area contributed by atoms with Crippen LogP contribution in [0.1, 0.15) is 33.6 Å². The quantitative estimate of drug-likeness (QED) is 0.666. The predicted octanol–water partition coefficient (Wildman–Crippen LogP) is 1.69. The molecule has 0 heterocycles. The Hall–Kier alpha value is -1.06. The largest absolute Gasteiger partial charge is 0.481 e. The Morgan fingerprint density at radius 3 is 2.21 bits per heavy atom. The molecule has 0 aliphatic rings. The lowest BCUT2D eigenvalue weighted by atomic mass is 10.0. The molecule has 0 aromatic heterocycles. The molecule has 0 fully saturated rings. The topological polar surface area (TPSA) is 63.6 Å². The second kappa shape index (κ2) is 6.40. The molecule has 0 radical (unpaired) electrons. The van der Waals surface area contributed by atoms with Crippen LogP contribution in [0.5, 0.6) is 0 Å². The van der Waals surface area contributed by atoms with Gasteiger partial charge in [0.2, 0.25) is 0 Å². The van der Waals surface area contributed by atoms with Gasteiger partial charge in [0, 0.05) is 12.8 Å². The van der Waals surface area contributed by atoms with E-state index in [9.17, 15) is 9.59 Å². The number of hydrogen-bond donors (Lipinski definition) is 1. The molecule has 0 rings (SSSR count). The fourth-order valence-electron chi connectivity index (χ4n) is 0.973. The van der Waals surface area contributed by atoms with Crippen molar-refractivity contribution in [2.24, 2.45) is 11.8 Å². The summed E-state index contributed by atoms with van der Waals surface area (Å²) in [5.74, 6) is -1.04. The van der Waals surface area contributed by atoms with Crippen LogP contribution in [-0.2, 0) is 14.3 Å². The van der Waals surface area contributed by atoms with Crippen molar-refractivity contribution in [2.75, 3.05) is 6.61 Å². The molecule has 0 amide bonds. The maximum Gasteiger partial charge on any atom is 0.306 e. The van der Waals surface area contributed by atoms with Crippen molar-refractivity contribution >= 4 is 11.9 Å². The van der Waals surface area contributed by atoms with Crippen molar-refractivity contribution in [2.45, 2.75) is 33.6 Å². The van der Waals surface area contributed by atoms with E-state index in [1.807, 2.05) is 13.8 Å². The first-order valence-corrected chi connectivity index (χ1v) is 4.79. The van der Waals surface area contributed by atoms with E-state index >= 15 is 0 Å². The van der Waals surface area contributed by atoms with E-state index < -0.39 is 5.97 Å². The Bertz CT molecular complexity index is 198. The summed E-state index contributed by atoms with van der Waals surface area (Å²) in [6.45, 7) is 6.03. The van der Waals surface area contributed by atoms with Crippen molar-refractivity contribution < 1.29 is 19.4 Å². The third-order valence-electron chi connectivity index (χ3n) is 1.62. The summed E-state index contributed by atoms with van der Waals surface area (Å²) >= 11 is 0. The molecule has 1 atom stereocenters. The number of carbonyl (C=O) groups is 2. The van der Waals surface area contributed by atoms with Crippen molar-refractivity contribution in [3.8, 4) is 0 Å². The van der Waals surface area contributed by atoms with Crippen LogP contribution >= 0.6 is 0 Å². The third-order valence-corrected chi connectivity index (χ3v) is 1.62. The minimum atomic E-state index is -0.880. The van der Waals surface area contributed by atoms with Crippen LogP contribution in [0, 0.1) is 11.8 Å². The molecule has 82 valence electrons. The molecule has 0 aromatic rings. The standard InChI is InChI=1S/C10H18O4/c1-7(2)6-14-10(13)5-8(3)4-9(11)12/h7-8H,4-6H2,1-3H3,(H,11,12)/t8-/m0/s1. The molecule has 0 saturated heterocycles. The van der Waals surface area contributed by atoms with Gasteiger partial charge in [-0.1, -0.05) is 20.8 Å². The van der Waals surface area contributed by atoms with Crippen LogP contribution in [0.25, 0.3) is 0 Å². The van der Waals surface area contributed by atoms with Crippen LogP contribution in [0.2, 0.25) is 0 Å². The lowest BCUT2D eigenvalue weighted by Crippen LogP contribution is -2.14. The molecule has 0 saturated carbocycles. The number of carboxylic acids is 1. The van der Waals surface area contributed by atoms with Gasteiger partial charge >= 0.3 is 11.9 Å². The summed E-state index contributed by atoms with van der Waals surface area (Å²) in [5, 5.41) is 8.46. The average Bonchev–Trinajstić information content (AvgIpc) is 1.98. The minimum Gasteiger partial charge on any atom is -0.481 e. The van der Waals surface area contributed by atoms with Gasteiger partial charge in [-0.2, -0.15) is 0 Å². The fourth-order valence-corrected chi connectivity index (χ4v) is 0.973. The molecular formula is C10H18O4. The summed E-state index contributed by atoms with van der Waals surface area (Å²) in [4.78, 5) is 21.4. The summed E-state index contributed by atoms with van der Waals surface area (Å²) < 4.78 is 4.92. The summed E-state index contributed by atoms with van der Waals surface area (Å²) in [7, 11) is 0. The van der Waals surface area contributed by atoms with Gasteiger partial charge in [0.05, 0.1) is 6.61 Å². The molecule has 0 unspecified atom stereocenters.